The van der Waals surface area contributed by atoms with Crippen LogP contribution in [0.4, 0.5) is 13.2 Å². The lowest BCUT2D eigenvalue weighted by atomic mass is 9.78. The minimum Gasteiger partial charge on any atom is -0.497 e. The largest absolute Gasteiger partial charge is 0.497 e. The molecular formula is C40H33F3O. The minimum atomic E-state index is -4.42. The van der Waals surface area contributed by atoms with Crippen LogP contribution in [-0.4, -0.2) is 7.11 Å². The van der Waals surface area contributed by atoms with Crippen molar-refractivity contribution < 1.29 is 17.9 Å². The summed E-state index contributed by atoms with van der Waals surface area (Å²) >= 11 is 0. The quantitative estimate of drug-likeness (QED) is 0.195. The minimum absolute atomic E-state index is 0.00104. The molecule has 0 N–H and O–H groups in total. The van der Waals surface area contributed by atoms with E-state index in [-0.39, 0.29) is 5.41 Å². The summed E-state index contributed by atoms with van der Waals surface area (Å²) in [6.07, 6.45) is -4.42. The van der Waals surface area contributed by atoms with Crippen LogP contribution < -0.4 is 4.74 Å². The summed E-state index contributed by atoms with van der Waals surface area (Å²) in [6, 6.07) is 40.6. The molecule has 6 rings (SSSR count). The van der Waals surface area contributed by atoms with Gasteiger partial charge in [0, 0.05) is 0 Å². The van der Waals surface area contributed by atoms with E-state index in [2.05, 4.69) is 81.4 Å². The van der Waals surface area contributed by atoms with Crippen LogP contribution in [0.25, 0.3) is 55.3 Å². The summed E-state index contributed by atoms with van der Waals surface area (Å²) in [4.78, 5) is 0. The molecule has 4 heteroatoms. The predicted molar refractivity (Wildman–Crippen MR) is 176 cm³/mol. The average Bonchev–Trinajstić information content (AvgIpc) is 3.03. The van der Waals surface area contributed by atoms with Crippen LogP contribution in [0.2, 0.25) is 0 Å². The molecule has 0 spiro atoms. The Balaban J connectivity index is 1.78. The second-order valence-corrected chi connectivity index (χ2v) is 12.0. The van der Waals surface area contributed by atoms with E-state index in [1.54, 1.807) is 19.2 Å². The Morgan fingerprint density at radius 3 is 1.25 bits per heavy atom. The summed E-state index contributed by atoms with van der Waals surface area (Å²) in [5.74, 6) is 0.745. The Hall–Kier alpha value is -4.83. The number of halogens is 3. The fourth-order valence-corrected chi connectivity index (χ4v) is 5.94. The van der Waals surface area contributed by atoms with E-state index in [4.69, 9.17) is 4.74 Å². The zero-order valence-corrected chi connectivity index (χ0v) is 25.2. The van der Waals surface area contributed by atoms with Gasteiger partial charge < -0.3 is 4.74 Å². The molecule has 0 atom stereocenters. The first kappa shape index (κ1) is 29.3. The van der Waals surface area contributed by atoms with Gasteiger partial charge in [-0.25, -0.2) is 0 Å². The molecule has 6 aromatic rings. The summed E-state index contributed by atoms with van der Waals surface area (Å²) in [5.41, 5.74) is 8.25. The molecule has 0 fully saturated rings. The van der Waals surface area contributed by atoms with Crippen LogP contribution in [0.5, 0.6) is 5.75 Å². The van der Waals surface area contributed by atoms with Gasteiger partial charge in [-0.3, -0.25) is 0 Å². The molecular weight excluding hydrogens is 553 g/mol. The van der Waals surface area contributed by atoms with Crippen LogP contribution in [0.1, 0.15) is 31.9 Å². The van der Waals surface area contributed by atoms with E-state index in [0.29, 0.717) is 0 Å². The van der Waals surface area contributed by atoms with Crippen molar-refractivity contribution in [1.82, 2.24) is 0 Å². The lowest BCUT2D eigenvalue weighted by Crippen LogP contribution is -2.10. The SMILES string of the molecule is COc1ccc(-c2c(-c3ccccc3)c(-c3ccc(C(F)(F)F)cc3)c3ccccc3c2-c2ccc(C(C)(C)C)cc2)cc1. The fraction of sp³-hybridized carbons (Fsp3) is 0.150. The highest BCUT2D eigenvalue weighted by Crippen LogP contribution is 2.51. The highest BCUT2D eigenvalue weighted by molar-refractivity contribution is 6.18. The summed E-state index contributed by atoms with van der Waals surface area (Å²) < 4.78 is 46.3. The Kier molecular flexibility index (Phi) is 7.54. The van der Waals surface area contributed by atoms with Gasteiger partial charge in [0.15, 0.2) is 0 Å². The van der Waals surface area contributed by atoms with Gasteiger partial charge in [0.05, 0.1) is 12.7 Å². The van der Waals surface area contributed by atoms with Gasteiger partial charge in [-0.2, -0.15) is 13.2 Å². The third kappa shape index (κ3) is 5.48. The van der Waals surface area contributed by atoms with Gasteiger partial charge >= 0.3 is 6.18 Å². The van der Waals surface area contributed by atoms with Crippen molar-refractivity contribution >= 4 is 10.8 Å². The summed E-state index contributed by atoms with van der Waals surface area (Å²) in [6.45, 7) is 6.60. The van der Waals surface area contributed by atoms with E-state index < -0.39 is 11.7 Å². The predicted octanol–water partition coefficient (Wildman–Crippen LogP) is 11.8. The highest BCUT2D eigenvalue weighted by Gasteiger charge is 2.31. The van der Waals surface area contributed by atoms with E-state index in [9.17, 15) is 13.2 Å². The van der Waals surface area contributed by atoms with Crippen molar-refractivity contribution in [3.63, 3.8) is 0 Å². The number of ether oxygens (including phenoxy) is 1. The van der Waals surface area contributed by atoms with E-state index in [0.717, 1.165) is 61.0 Å². The molecule has 0 heterocycles. The number of fused-ring (bicyclic) bond motifs is 1. The molecule has 0 aliphatic rings. The Bertz CT molecular complexity index is 1910. The third-order valence-electron chi connectivity index (χ3n) is 8.20. The molecule has 220 valence electrons. The second kappa shape index (κ2) is 11.3. The first-order valence-corrected chi connectivity index (χ1v) is 14.6. The van der Waals surface area contributed by atoms with Crippen molar-refractivity contribution in [3.05, 3.63) is 139 Å². The van der Waals surface area contributed by atoms with Crippen LogP contribution in [0, 0.1) is 0 Å². The Labute approximate surface area is 256 Å². The molecule has 0 radical (unpaired) electrons. The average molecular weight is 587 g/mol. The van der Waals surface area contributed by atoms with Crippen molar-refractivity contribution in [1.29, 1.82) is 0 Å². The Morgan fingerprint density at radius 1 is 0.432 bits per heavy atom. The molecule has 0 aromatic heterocycles. The molecule has 1 nitrogen and oxygen atoms in total. The van der Waals surface area contributed by atoms with Gasteiger partial charge in [-0.1, -0.05) is 124 Å². The highest BCUT2D eigenvalue weighted by atomic mass is 19.4. The number of hydrogen-bond donors (Lipinski definition) is 0. The van der Waals surface area contributed by atoms with Gasteiger partial charge in [-0.15, -0.1) is 0 Å². The monoisotopic (exact) mass is 586 g/mol. The van der Waals surface area contributed by atoms with Gasteiger partial charge in [-0.05, 0) is 90.5 Å². The van der Waals surface area contributed by atoms with Crippen molar-refractivity contribution in [2.45, 2.75) is 32.4 Å². The zero-order chi connectivity index (χ0) is 31.1. The lowest BCUT2D eigenvalue weighted by Gasteiger charge is -2.25. The van der Waals surface area contributed by atoms with Crippen LogP contribution in [-0.2, 0) is 11.6 Å². The van der Waals surface area contributed by atoms with Crippen LogP contribution >= 0.6 is 0 Å². The number of benzene rings is 6. The maximum Gasteiger partial charge on any atom is 0.416 e. The van der Waals surface area contributed by atoms with Crippen LogP contribution in [0.15, 0.2) is 127 Å². The van der Waals surface area contributed by atoms with Gasteiger partial charge in [0.1, 0.15) is 5.75 Å². The summed E-state index contributed by atoms with van der Waals surface area (Å²) in [5, 5.41) is 2.00. The maximum absolute atomic E-state index is 13.6. The van der Waals surface area contributed by atoms with E-state index in [1.165, 1.54) is 17.7 Å². The smallest absolute Gasteiger partial charge is 0.416 e. The lowest BCUT2D eigenvalue weighted by molar-refractivity contribution is -0.137. The van der Waals surface area contributed by atoms with E-state index in [1.807, 2.05) is 42.5 Å². The normalized spacial score (nSPS) is 12.0. The summed E-state index contributed by atoms with van der Waals surface area (Å²) in [7, 11) is 1.64. The standard InChI is InChI=1S/C40H33F3O/c1-39(2,3)30-20-14-27(15-21-30)36-34-13-9-8-12-33(34)35(28-16-22-31(23-17-28)40(41,42)43)37(26-10-6-5-7-11-26)38(36)29-18-24-32(44-4)25-19-29/h5-25H,1-4H3. The first-order valence-electron chi connectivity index (χ1n) is 14.6. The third-order valence-corrected chi connectivity index (χ3v) is 8.20. The molecule has 0 aliphatic carbocycles. The molecule has 0 bridgehead atoms. The number of alkyl halides is 3. The van der Waals surface area contributed by atoms with E-state index >= 15 is 0 Å². The molecule has 44 heavy (non-hydrogen) atoms. The number of methoxy groups -OCH3 is 1. The van der Waals surface area contributed by atoms with Crippen LogP contribution in [0.3, 0.4) is 0 Å². The molecule has 0 amide bonds. The molecule has 0 aliphatic heterocycles. The van der Waals surface area contributed by atoms with Gasteiger partial charge in [0.25, 0.3) is 0 Å². The van der Waals surface area contributed by atoms with Crippen molar-refractivity contribution in [2.75, 3.05) is 7.11 Å². The zero-order valence-electron chi connectivity index (χ0n) is 25.2. The van der Waals surface area contributed by atoms with Crippen molar-refractivity contribution in [2.24, 2.45) is 0 Å². The first-order chi connectivity index (χ1) is 21.1. The van der Waals surface area contributed by atoms with Gasteiger partial charge in [0.2, 0.25) is 0 Å². The number of rotatable bonds is 5. The molecule has 6 aromatic carbocycles. The molecule has 0 saturated carbocycles. The maximum atomic E-state index is 13.6. The second-order valence-electron chi connectivity index (χ2n) is 12.0. The Morgan fingerprint density at radius 2 is 0.818 bits per heavy atom. The topological polar surface area (TPSA) is 9.23 Å². The van der Waals surface area contributed by atoms with Crippen molar-refractivity contribution in [3.8, 4) is 50.3 Å². The molecule has 0 unspecified atom stereocenters. The number of hydrogen-bond acceptors (Lipinski definition) is 1. The fourth-order valence-electron chi connectivity index (χ4n) is 5.94. The molecule has 0 saturated heterocycles.